The number of fused-ring (bicyclic) bond motifs is 1. The third kappa shape index (κ3) is 1.99. The van der Waals surface area contributed by atoms with Gasteiger partial charge in [0.2, 0.25) is 0 Å². The van der Waals surface area contributed by atoms with Crippen LogP contribution in [0.25, 0.3) is 0 Å². The van der Waals surface area contributed by atoms with Gasteiger partial charge in [0.05, 0.1) is 10.0 Å². The zero-order chi connectivity index (χ0) is 13.6. The maximum Gasteiger partial charge on any atom is 0.133 e. The molecule has 100 valence electrons. The van der Waals surface area contributed by atoms with Crippen molar-refractivity contribution in [2.45, 2.75) is 32.2 Å². The third-order valence-electron chi connectivity index (χ3n) is 3.57. The Bertz CT molecular complexity index is 639. The van der Waals surface area contributed by atoms with Gasteiger partial charge < -0.3 is 9.67 Å². The highest BCUT2D eigenvalue weighted by Crippen LogP contribution is 2.41. The summed E-state index contributed by atoms with van der Waals surface area (Å²) in [6, 6.07) is 3.19. The maximum absolute atomic E-state index is 10.0. The smallest absolute Gasteiger partial charge is 0.133 e. The van der Waals surface area contributed by atoms with Gasteiger partial charge in [-0.05, 0) is 12.1 Å². The Hall–Kier alpha value is -1.26. The van der Waals surface area contributed by atoms with Crippen molar-refractivity contribution < 1.29 is 5.11 Å². The highest BCUT2D eigenvalue weighted by Gasteiger charge is 2.30. The summed E-state index contributed by atoms with van der Waals surface area (Å²) in [5.41, 5.74) is 0.710. The second-order valence-electron chi connectivity index (χ2n) is 4.69. The molecular weight excluding hydrogens is 285 g/mol. The summed E-state index contributed by atoms with van der Waals surface area (Å²) >= 11 is 12.3. The maximum atomic E-state index is 10.0. The largest absolute Gasteiger partial charge is 0.508 e. The Morgan fingerprint density at radius 1 is 1.37 bits per heavy atom. The SMILES string of the molecule is CCc1nnc2n1C[C@H](c1c(O)ccc(Cl)c1Cl)C2. The number of halogens is 2. The molecule has 1 aromatic heterocycles. The minimum Gasteiger partial charge on any atom is -0.508 e. The van der Waals surface area contributed by atoms with E-state index in [1.807, 2.05) is 0 Å². The van der Waals surface area contributed by atoms with Crippen molar-refractivity contribution >= 4 is 23.2 Å². The van der Waals surface area contributed by atoms with Gasteiger partial charge in [0, 0.05) is 30.9 Å². The Kier molecular flexibility index (Phi) is 3.15. The molecule has 1 aliphatic rings. The van der Waals surface area contributed by atoms with Crippen molar-refractivity contribution in [3.63, 3.8) is 0 Å². The summed E-state index contributed by atoms with van der Waals surface area (Å²) in [7, 11) is 0. The number of aryl methyl sites for hydroxylation is 1. The fourth-order valence-electron chi connectivity index (χ4n) is 2.64. The lowest BCUT2D eigenvalue weighted by Gasteiger charge is -2.14. The van der Waals surface area contributed by atoms with E-state index in [1.54, 1.807) is 12.1 Å². The van der Waals surface area contributed by atoms with Gasteiger partial charge in [-0.1, -0.05) is 30.1 Å². The second kappa shape index (κ2) is 4.69. The number of aromatic hydroxyl groups is 1. The molecule has 0 amide bonds. The Morgan fingerprint density at radius 3 is 2.89 bits per heavy atom. The van der Waals surface area contributed by atoms with Crippen molar-refractivity contribution in [3.05, 3.63) is 39.4 Å². The van der Waals surface area contributed by atoms with Crippen LogP contribution in [-0.2, 0) is 19.4 Å². The summed E-state index contributed by atoms with van der Waals surface area (Å²) in [4.78, 5) is 0. The zero-order valence-electron chi connectivity index (χ0n) is 10.4. The standard InChI is InChI=1S/C13H13Cl2N3O/c1-2-10-16-17-11-5-7(6-18(10)11)12-9(19)4-3-8(14)13(12)15/h3-4,7,19H,2,5-6H2,1H3/t7-/m1/s1. The Balaban J connectivity index is 1.99. The van der Waals surface area contributed by atoms with Gasteiger partial charge in [-0.3, -0.25) is 0 Å². The molecule has 19 heavy (non-hydrogen) atoms. The van der Waals surface area contributed by atoms with Crippen LogP contribution in [0.15, 0.2) is 12.1 Å². The predicted molar refractivity (Wildman–Crippen MR) is 74.0 cm³/mol. The quantitative estimate of drug-likeness (QED) is 0.926. The van der Waals surface area contributed by atoms with Crippen molar-refractivity contribution in [3.8, 4) is 5.75 Å². The molecule has 2 aromatic rings. The van der Waals surface area contributed by atoms with E-state index in [0.717, 1.165) is 31.0 Å². The average molecular weight is 298 g/mol. The average Bonchev–Trinajstić information content (AvgIpc) is 2.94. The summed E-state index contributed by atoms with van der Waals surface area (Å²) in [5.74, 6) is 2.20. The number of rotatable bonds is 2. The lowest BCUT2D eigenvalue weighted by molar-refractivity contribution is 0.458. The molecule has 4 nitrogen and oxygen atoms in total. The molecule has 0 bridgehead atoms. The first-order chi connectivity index (χ1) is 9.11. The van der Waals surface area contributed by atoms with E-state index in [1.165, 1.54) is 0 Å². The number of nitrogens with zero attached hydrogens (tertiary/aromatic N) is 3. The molecule has 1 atom stereocenters. The highest BCUT2D eigenvalue weighted by atomic mass is 35.5. The van der Waals surface area contributed by atoms with Crippen LogP contribution >= 0.6 is 23.2 Å². The molecule has 1 aliphatic heterocycles. The first-order valence-corrected chi connectivity index (χ1v) is 6.95. The van der Waals surface area contributed by atoms with Gasteiger partial charge >= 0.3 is 0 Å². The number of phenolic OH excluding ortho intramolecular Hbond substituents is 1. The van der Waals surface area contributed by atoms with E-state index in [0.29, 0.717) is 15.6 Å². The van der Waals surface area contributed by atoms with Gasteiger partial charge in [0.25, 0.3) is 0 Å². The zero-order valence-corrected chi connectivity index (χ0v) is 11.9. The lowest BCUT2D eigenvalue weighted by atomic mass is 9.96. The van der Waals surface area contributed by atoms with E-state index >= 15 is 0 Å². The fraction of sp³-hybridized carbons (Fsp3) is 0.385. The number of phenols is 1. The second-order valence-corrected chi connectivity index (χ2v) is 5.48. The molecule has 0 radical (unpaired) electrons. The van der Waals surface area contributed by atoms with Crippen LogP contribution in [0.3, 0.4) is 0 Å². The van der Waals surface area contributed by atoms with E-state index in [4.69, 9.17) is 23.2 Å². The number of hydrogen-bond donors (Lipinski definition) is 1. The Labute approximate surface area is 121 Å². The van der Waals surface area contributed by atoms with Crippen molar-refractivity contribution in [2.75, 3.05) is 0 Å². The third-order valence-corrected chi connectivity index (χ3v) is 4.39. The first-order valence-electron chi connectivity index (χ1n) is 6.19. The monoisotopic (exact) mass is 297 g/mol. The first kappa shape index (κ1) is 12.8. The van der Waals surface area contributed by atoms with Crippen LogP contribution in [-0.4, -0.2) is 19.9 Å². The molecule has 1 aromatic carbocycles. The number of hydrogen-bond acceptors (Lipinski definition) is 3. The molecule has 1 N–H and O–H groups in total. The molecule has 0 unspecified atom stereocenters. The summed E-state index contributed by atoms with van der Waals surface area (Å²) in [6.07, 6.45) is 1.57. The van der Waals surface area contributed by atoms with Crippen molar-refractivity contribution in [2.24, 2.45) is 0 Å². The highest BCUT2D eigenvalue weighted by molar-refractivity contribution is 6.42. The van der Waals surface area contributed by atoms with Crippen LogP contribution in [0.2, 0.25) is 10.0 Å². The summed E-state index contributed by atoms with van der Waals surface area (Å²) < 4.78 is 2.10. The fourth-order valence-corrected chi connectivity index (χ4v) is 3.12. The molecular formula is C13H13Cl2N3O. The number of benzene rings is 1. The van der Waals surface area contributed by atoms with Crippen LogP contribution in [0, 0.1) is 0 Å². The lowest BCUT2D eigenvalue weighted by Crippen LogP contribution is -2.05. The van der Waals surface area contributed by atoms with E-state index in [2.05, 4.69) is 21.7 Å². The van der Waals surface area contributed by atoms with Crippen LogP contribution in [0.4, 0.5) is 0 Å². The Morgan fingerprint density at radius 2 is 2.16 bits per heavy atom. The van der Waals surface area contributed by atoms with E-state index in [9.17, 15) is 5.11 Å². The molecule has 2 heterocycles. The van der Waals surface area contributed by atoms with Gasteiger partial charge in [-0.2, -0.15) is 0 Å². The van der Waals surface area contributed by atoms with Gasteiger partial charge in [-0.15, -0.1) is 10.2 Å². The number of aromatic nitrogens is 3. The van der Waals surface area contributed by atoms with Crippen LogP contribution < -0.4 is 0 Å². The minimum absolute atomic E-state index is 0.0991. The van der Waals surface area contributed by atoms with Crippen molar-refractivity contribution in [1.29, 1.82) is 0 Å². The molecule has 3 rings (SSSR count). The molecule has 0 saturated carbocycles. The van der Waals surface area contributed by atoms with Crippen LogP contribution in [0.1, 0.15) is 30.1 Å². The minimum atomic E-state index is 0.0991. The van der Waals surface area contributed by atoms with E-state index in [-0.39, 0.29) is 11.7 Å². The van der Waals surface area contributed by atoms with E-state index < -0.39 is 0 Å². The normalized spacial score (nSPS) is 17.7. The predicted octanol–water partition coefficient (Wildman–Crippen LogP) is 3.19. The summed E-state index contributed by atoms with van der Waals surface area (Å²) in [5, 5.41) is 19.2. The molecule has 0 saturated heterocycles. The van der Waals surface area contributed by atoms with Gasteiger partial charge in [-0.25, -0.2) is 0 Å². The van der Waals surface area contributed by atoms with Gasteiger partial charge in [0.1, 0.15) is 17.4 Å². The topological polar surface area (TPSA) is 50.9 Å². The molecule has 0 spiro atoms. The summed E-state index contributed by atoms with van der Waals surface area (Å²) in [6.45, 7) is 2.79. The molecule has 6 heteroatoms. The molecule has 0 aliphatic carbocycles. The molecule has 0 fully saturated rings. The van der Waals surface area contributed by atoms with Crippen molar-refractivity contribution in [1.82, 2.24) is 14.8 Å². The van der Waals surface area contributed by atoms with Crippen LogP contribution in [0.5, 0.6) is 5.75 Å². The van der Waals surface area contributed by atoms with Gasteiger partial charge in [0.15, 0.2) is 0 Å².